The van der Waals surface area contributed by atoms with Crippen LogP contribution in [0.25, 0.3) is 5.69 Å². The topological polar surface area (TPSA) is 47.1 Å². The Labute approximate surface area is 113 Å². The molecule has 1 aromatic heterocycles. The minimum Gasteiger partial charge on any atom is -0.330 e. The van der Waals surface area contributed by atoms with Gasteiger partial charge in [0, 0.05) is 31.2 Å². The van der Waals surface area contributed by atoms with Gasteiger partial charge in [-0.1, -0.05) is 12.1 Å². The van der Waals surface area contributed by atoms with E-state index in [9.17, 15) is 0 Å². The predicted octanol–water partition coefficient (Wildman–Crippen LogP) is 1.65. The van der Waals surface area contributed by atoms with Crippen LogP contribution in [0.5, 0.6) is 0 Å². The van der Waals surface area contributed by atoms with E-state index in [1.807, 2.05) is 17.1 Å². The first kappa shape index (κ1) is 12.4. The minimum atomic E-state index is 0.685. The summed E-state index contributed by atoms with van der Waals surface area (Å²) in [5.41, 5.74) is 8.25. The van der Waals surface area contributed by atoms with E-state index in [0.717, 1.165) is 25.3 Å². The molecule has 2 heterocycles. The summed E-state index contributed by atoms with van der Waals surface area (Å²) in [6, 6.07) is 8.69. The molecule has 1 aliphatic heterocycles. The summed E-state index contributed by atoms with van der Waals surface area (Å²) >= 11 is 0. The van der Waals surface area contributed by atoms with Crippen molar-refractivity contribution in [3.63, 3.8) is 0 Å². The predicted molar refractivity (Wildman–Crippen MR) is 76.0 cm³/mol. The number of benzene rings is 1. The molecule has 2 N–H and O–H groups in total. The van der Waals surface area contributed by atoms with Gasteiger partial charge in [-0.2, -0.15) is 0 Å². The van der Waals surface area contributed by atoms with Crippen molar-refractivity contribution in [1.82, 2.24) is 14.5 Å². The van der Waals surface area contributed by atoms with Gasteiger partial charge < -0.3 is 10.3 Å². The van der Waals surface area contributed by atoms with Crippen molar-refractivity contribution in [2.24, 2.45) is 11.7 Å². The Morgan fingerprint density at radius 1 is 1.26 bits per heavy atom. The molecule has 1 fully saturated rings. The van der Waals surface area contributed by atoms with Crippen LogP contribution < -0.4 is 5.73 Å². The lowest BCUT2D eigenvalue weighted by Crippen LogP contribution is -2.22. The lowest BCUT2D eigenvalue weighted by atomic mass is 10.1. The SMILES string of the molecule is NCC1CCN(Cc2ccc(-n3ccnc3)cc2)C1. The van der Waals surface area contributed by atoms with Crippen LogP contribution in [0.1, 0.15) is 12.0 Å². The Balaban J connectivity index is 1.63. The standard InChI is InChI=1S/C15H20N4/c16-9-14-5-7-18(11-14)10-13-1-3-15(4-2-13)19-8-6-17-12-19/h1-4,6,8,12,14H,5,7,9-11,16H2. The van der Waals surface area contributed by atoms with Gasteiger partial charge >= 0.3 is 0 Å². The first-order chi connectivity index (χ1) is 9.35. The average molecular weight is 256 g/mol. The molecule has 0 spiro atoms. The van der Waals surface area contributed by atoms with Crippen molar-refractivity contribution >= 4 is 0 Å². The highest BCUT2D eigenvalue weighted by Crippen LogP contribution is 2.18. The van der Waals surface area contributed by atoms with Gasteiger partial charge in [-0.15, -0.1) is 0 Å². The van der Waals surface area contributed by atoms with Crippen molar-refractivity contribution in [1.29, 1.82) is 0 Å². The summed E-state index contributed by atoms with van der Waals surface area (Å²) in [5, 5.41) is 0. The Kier molecular flexibility index (Phi) is 3.62. The van der Waals surface area contributed by atoms with Crippen molar-refractivity contribution < 1.29 is 0 Å². The molecule has 2 aromatic rings. The zero-order chi connectivity index (χ0) is 13.1. The number of likely N-dealkylation sites (tertiary alicyclic amines) is 1. The molecular formula is C15H20N4. The second-order valence-corrected chi connectivity index (χ2v) is 5.26. The van der Waals surface area contributed by atoms with E-state index in [1.165, 1.54) is 18.5 Å². The van der Waals surface area contributed by atoms with Crippen LogP contribution in [-0.4, -0.2) is 34.1 Å². The summed E-state index contributed by atoms with van der Waals surface area (Å²) in [7, 11) is 0. The Bertz CT molecular complexity index is 503. The molecule has 4 nitrogen and oxygen atoms in total. The van der Waals surface area contributed by atoms with Crippen molar-refractivity contribution in [3.8, 4) is 5.69 Å². The normalized spacial score (nSPS) is 19.9. The molecule has 0 radical (unpaired) electrons. The van der Waals surface area contributed by atoms with E-state index in [4.69, 9.17) is 5.73 Å². The Morgan fingerprint density at radius 2 is 2.11 bits per heavy atom. The van der Waals surface area contributed by atoms with Gasteiger partial charge in [-0.05, 0) is 43.1 Å². The monoisotopic (exact) mass is 256 g/mol. The zero-order valence-corrected chi connectivity index (χ0v) is 11.1. The molecule has 3 rings (SSSR count). The summed E-state index contributed by atoms with van der Waals surface area (Å²) in [6.45, 7) is 4.15. The fourth-order valence-corrected chi connectivity index (χ4v) is 2.69. The van der Waals surface area contributed by atoms with Crippen LogP contribution in [0.3, 0.4) is 0 Å². The summed E-state index contributed by atoms with van der Waals surface area (Å²) in [4.78, 5) is 6.55. The summed E-state index contributed by atoms with van der Waals surface area (Å²) in [6.07, 6.45) is 6.82. The smallest absolute Gasteiger partial charge is 0.0991 e. The lowest BCUT2D eigenvalue weighted by molar-refractivity contribution is 0.318. The van der Waals surface area contributed by atoms with Crippen LogP contribution in [0.15, 0.2) is 43.0 Å². The van der Waals surface area contributed by atoms with Gasteiger partial charge in [-0.3, -0.25) is 4.90 Å². The molecule has 1 aromatic carbocycles. The van der Waals surface area contributed by atoms with E-state index >= 15 is 0 Å². The van der Waals surface area contributed by atoms with Crippen LogP contribution in [0.4, 0.5) is 0 Å². The number of rotatable bonds is 4. The fourth-order valence-electron chi connectivity index (χ4n) is 2.69. The molecule has 19 heavy (non-hydrogen) atoms. The molecule has 1 saturated heterocycles. The van der Waals surface area contributed by atoms with Crippen LogP contribution in [0, 0.1) is 5.92 Å². The molecule has 100 valence electrons. The summed E-state index contributed by atoms with van der Waals surface area (Å²) in [5.74, 6) is 0.685. The third kappa shape index (κ3) is 2.85. The molecule has 1 atom stereocenters. The lowest BCUT2D eigenvalue weighted by Gasteiger charge is -2.16. The molecule has 0 bridgehead atoms. The van der Waals surface area contributed by atoms with Gasteiger partial charge in [0.05, 0.1) is 6.33 Å². The van der Waals surface area contributed by atoms with E-state index in [0.29, 0.717) is 5.92 Å². The summed E-state index contributed by atoms with van der Waals surface area (Å²) < 4.78 is 2.02. The largest absolute Gasteiger partial charge is 0.330 e. The number of aromatic nitrogens is 2. The fraction of sp³-hybridized carbons (Fsp3) is 0.400. The van der Waals surface area contributed by atoms with Gasteiger partial charge in [-0.25, -0.2) is 4.98 Å². The number of nitrogens with zero attached hydrogens (tertiary/aromatic N) is 3. The van der Waals surface area contributed by atoms with Gasteiger partial charge in [0.25, 0.3) is 0 Å². The van der Waals surface area contributed by atoms with E-state index in [1.54, 1.807) is 6.20 Å². The van der Waals surface area contributed by atoms with Crippen molar-refractivity contribution in [2.75, 3.05) is 19.6 Å². The number of imidazole rings is 1. The maximum atomic E-state index is 5.73. The maximum absolute atomic E-state index is 5.73. The highest BCUT2D eigenvalue weighted by molar-refractivity contribution is 5.34. The van der Waals surface area contributed by atoms with E-state index < -0.39 is 0 Å². The molecule has 1 aliphatic rings. The highest BCUT2D eigenvalue weighted by Gasteiger charge is 2.20. The quantitative estimate of drug-likeness (QED) is 0.905. The molecular weight excluding hydrogens is 236 g/mol. The zero-order valence-electron chi connectivity index (χ0n) is 11.1. The number of nitrogens with two attached hydrogens (primary N) is 1. The first-order valence-electron chi connectivity index (χ1n) is 6.85. The van der Waals surface area contributed by atoms with Gasteiger partial charge in [0.15, 0.2) is 0 Å². The average Bonchev–Trinajstić information content (AvgIpc) is 3.10. The number of hydrogen-bond donors (Lipinski definition) is 1. The van der Waals surface area contributed by atoms with Gasteiger partial charge in [0.1, 0.15) is 0 Å². The second-order valence-electron chi connectivity index (χ2n) is 5.26. The maximum Gasteiger partial charge on any atom is 0.0991 e. The van der Waals surface area contributed by atoms with Crippen molar-refractivity contribution in [2.45, 2.75) is 13.0 Å². The third-order valence-electron chi connectivity index (χ3n) is 3.85. The van der Waals surface area contributed by atoms with Gasteiger partial charge in [0.2, 0.25) is 0 Å². The first-order valence-corrected chi connectivity index (χ1v) is 6.85. The van der Waals surface area contributed by atoms with Crippen molar-refractivity contribution in [3.05, 3.63) is 48.5 Å². The van der Waals surface area contributed by atoms with Crippen LogP contribution in [0.2, 0.25) is 0 Å². The third-order valence-corrected chi connectivity index (χ3v) is 3.85. The van der Waals surface area contributed by atoms with E-state index in [-0.39, 0.29) is 0 Å². The highest BCUT2D eigenvalue weighted by atomic mass is 15.1. The second kappa shape index (κ2) is 5.55. The molecule has 1 unspecified atom stereocenters. The van der Waals surface area contributed by atoms with Crippen LogP contribution >= 0.6 is 0 Å². The Hall–Kier alpha value is -1.65. The number of hydrogen-bond acceptors (Lipinski definition) is 3. The van der Waals surface area contributed by atoms with E-state index in [2.05, 4.69) is 34.1 Å². The molecule has 0 amide bonds. The molecule has 0 aliphatic carbocycles. The molecule has 0 saturated carbocycles. The molecule has 4 heteroatoms. The Morgan fingerprint density at radius 3 is 2.74 bits per heavy atom. The minimum absolute atomic E-state index is 0.685. The van der Waals surface area contributed by atoms with Crippen LogP contribution in [-0.2, 0) is 6.54 Å².